The fourth-order valence-corrected chi connectivity index (χ4v) is 4.82. The number of aliphatic carboxylic acids is 1. The minimum atomic E-state index is -4.78. The first-order valence-corrected chi connectivity index (χ1v) is 14.4. The van der Waals surface area contributed by atoms with Crippen LogP contribution in [0.5, 0.6) is 17.2 Å². The van der Waals surface area contributed by atoms with Crippen LogP contribution in [0.1, 0.15) is 42.4 Å². The number of carbonyl (C=O) groups is 2. The summed E-state index contributed by atoms with van der Waals surface area (Å²) in [4.78, 5) is 29.4. The number of aromatic nitrogens is 1. The lowest BCUT2D eigenvalue weighted by Gasteiger charge is -2.19. The standard InChI is InChI=1S/C36H31F3N2O5/c1-35(2,3)27-11-16-28(17-12-27)45-30-15-10-25-21-40-31(20-26(25)19-30)33(42)41-32(34(43)44)18-22-4-6-23(7-5-22)24-8-13-29(14-9-24)46-36(37,38)39/h4-17,19-21,32H,18H2,1-3H3,(H,41,42)(H,43,44)/t32-/m0/s1. The Morgan fingerprint density at radius 1 is 0.783 bits per heavy atom. The van der Waals surface area contributed by atoms with Gasteiger partial charge >= 0.3 is 12.3 Å². The van der Waals surface area contributed by atoms with E-state index in [2.05, 4.69) is 35.8 Å². The van der Waals surface area contributed by atoms with Gasteiger partial charge in [0, 0.05) is 18.0 Å². The molecule has 236 valence electrons. The molecule has 0 saturated heterocycles. The van der Waals surface area contributed by atoms with Crippen molar-refractivity contribution in [3.63, 3.8) is 0 Å². The summed E-state index contributed by atoms with van der Waals surface area (Å²) < 4.78 is 47.2. The van der Waals surface area contributed by atoms with Gasteiger partial charge in [0.05, 0.1) is 0 Å². The average molecular weight is 629 g/mol. The summed E-state index contributed by atoms with van der Waals surface area (Å²) in [7, 11) is 0. The molecule has 10 heteroatoms. The zero-order valence-corrected chi connectivity index (χ0v) is 25.3. The number of benzene rings is 4. The molecule has 0 aliphatic rings. The summed E-state index contributed by atoms with van der Waals surface area (Å²) in [6, 6.07) is 25.9. The Kier molecular flexibility index (Phi) is 9.00. The number of hydrogen-bond donors (Lipinski definition) is 2. The molecule has 1 heterocycles. The Bertz CT molecular complexity index is 1850. The molecule has 1 amide bonds. The van der Waals surface area contributed by atoms with Crippen LogP contribution in [0.2, 0.25) is 0 Å². The molecule has 5 aromatic rings. The first-order chi connectivity index (χ1) is 21.7. The fourth-order valence-electron chi connectivity index (χ4n) is 4.82. The number of carboxylic acids is 1. The molecular weight excluding hydrogens is 597 g/mol. The van der Waals surface area contributed by atoms with E-state index in [-0.39, 0.29) is 23.3 Å². The fraction of sp³-hybridized carbons (Fsp3) is 0.194. The molecule has 4 aromatic carbocycles. The van der Waals surface area contributed by atoms with Crippen LogP contribution in [0.4, 0.5) is 13.2 Å². The van der Waals surface area contributed by atoms with Crippen LogP contribution in [0.25, 0.3) is 21.9 Å². The van der Waals surface area contributed by atoms with E-state index >= 15 is 0 Å². The van der Waals surface area contributed by atoms with Crippen molar-refractivity contribution in [2.45, 2.75) is 45.0 Å². The second-order valence-corrected chi connectivity index (χ2v) is 11.8. The predicted octanol–water partition coefficient (Wildman–Crippen LogP) is 8.32. The largest absolute Gasteiger partial charge is 0.573 e. The van der Waals surface area contributed by atoms with Gasteiger partial charge < -0.3 is 19.9 Å². The number of halogens is 3. The molecule has 0 radical (unpaired) electrons. The number of fused-ring (bicyclic) bond motifs is 1. The van der Waals surface area contributed by atoms with Crippen LogP contribution in [0.3, 0.4) is 0 Å². The number of carboxylic acid groups (broad SMARTS) is 1. The van der Waals surface area contributed by atoms with Crippen molar-refractivity contribution >= 4 is 22.6 Å². The Labute approximate surface area is 263 Å². The Morgan fingerprint density at radius 2 is 1.37 bits per heavy atom. The molecule has 7 nitrogen and oxygen atoms in total. The summed E-state index contributed by atoms with van der Waals surface area (Å²) in [5.41, 5.74) is 3.26. The van der Waals surface area contributed by atoms with E-state index in [1.54, 1.807) is 42.6 Å². The SMILES string of the molecule is CC(C)(C)c1ccc(Oc2ccc3cnc(C(=O)N[C@@H](Cc4ccc(-c5ccc(OC(F)(F)F)cc5)cc4)C(=O)O)cc3c2)cc1. The molecule has 1 atom stereocenters. The highest BCUT2D eigenvalue weighted by Gasteiger charge is 2.31. The molecule has 0 spiro atoms. The van der Waals surface area contributed by atoms with Crippen LogP contribution in [0.15, 0.2) is 103 Å². The van der Waals surface area contributed by atoms with Crippen LogP contribution >= 0.6 is 0 Å². The number of nitrogens with one attached hydrogen (secondary N) is 1. The highest BCUT2D eigenvalue weighted by molar-refractivity contribution is 5.98. The number of pyridine rings is 1. The third-order valence-electron chi connectivity index (χ3n) is 7.30. The van der Waals surface area contributed by atoms with Gasteiger partial charge in [0.15, 0.2) is 0 Å². The third kappa shape index (κ3) is 8.20. The number of alkyl halides is 3. The molecule has 1 aromatic heterocycles. The number of rotatable bonds is 9. The van der Waals surface area contributed by atoms with Gasteiger partial charge in [-0.1, -0.05) is 69.3 Å². The Hall–Kier alpha value is -5.38. The monoisotopic (exact) mass is 628 g/mol. The van der Waals surface area contributed by atoms with Gasteiger partial charge in [-0.2, -0.15) is 0 Å². The zero-order chi connectivity index (χ0) is 33.1. The van der Waals surface area contributed by atoms with Crippen molar-refractivity contribution in [2.75, 3.05) is 0 Å². The first-order valence-electron chi connectivity index (χ1n) is 14.4. The van der Waals surface area contributed by atoms with Gasteiger partial charge in [-0.3, -0.25) is 9.78 Å². The summed E-state index contributed by atoms with van der Waals surface area (Å²) >= 11 is 0. The molecule has 0 aliphatic heterocycles. The van der Waals surface area contributed by atoms with Crippen molar-refractivity contribution in [3.05, 3.63) is 120 Å². The van der Waals surface area contributed by atoms with E-state index in [0.717, 1.165) is 5.39 Å². The van der Waals surface area contributed by atoms with Crippen molar-refractivity contribution in [3.8, 4) is 28.4 Å². The highest BCUT2D eigenvalue weighted by Crippen LogP contribution is 2.30. The van der Waals surface area contributed by atoms with Gasteiger partial charge in [0.25, 0.3) is 5.91 Å². The number of nitrogens with zero attached hydrogens (tertiary/aromatic N) is 1. The molecule has 0 bridgehead atoms. The van der Waals surface area contributed by atoms with Crippen molar-refractivity contribution in [1.82, 2.24) is 10.3 Å². The summed E-state index contributed by atoms with van der Waals surface area (Å²) in [5.74, 6) is -0.941. The second kappa shape index (κ2) is 12.9. The van der Waals surface area contributed by atoms with E-state index in [4.69, 9.17) is 4.74 Å². The number of hydrogen-bond acceptors (Lipinski definition) is 5. The summed E-state index contributed by atoms with van der Waals surface area (Å²) in [6.45, 7) is 6.41. The average Bonchev–Trinajstić information content (AvgIpc) is 3.00. The molecule has 2 N–H and O–H groups in total. The Balaban J connectivity index is 1.25. The quantitative estimate of drug-likeness (QED) is 0.170. The van der Waals surface area contributed by atoms with Crippen molar-refractivity contribution in [1.29, 1.82) is 0 Å². The van der Waals surface area contributed by atoms with Crippen LogP contribution in [-0.4, -0.2) is 34.4 Å². The minimum absolute atomic E-state index is 0.000707. The van der Waals surface area contributed by atoms with Crippen LogP contribution < -0.4 is 14.8 Å². The molecule has 0 saturated carbocycles. The van der Waals surface area contributed by atoms with Gasteiger partial charge in [0.2, 0.25) is 0 Å². The maximum Gasteiger partial charge on any atom is 0.573 e. The molecule has 0 fully saturated rings. The zero-order valence-electron chi connectivity index (χ0n) is 25.3. The maximum atomic E-state index is 13.1. The third-order valence-corrected chi connectivity index (χ3v) is 7.30. The minimum Gasteiger partial charge on any atom is -0.480 e. The highest BCUT2D eigenvalue weighted by atomic mass is 19.4. The Morgan fingerprint density at radius 3 is 1.96 bits per heavy atom. The lowest BCUT2D eigenvalue weighted by atomic mass is 9.87. The van der Waals surface area contributed by atoms with Gasteiger partial charge in [-0.05, 0) is 81.6 Å². The van der Waals surface area contributed by atoms with Crippen LogP contribution in [-0.2, 0) is 16.6 Å². The van der Waals surface area contributed by atoms with Crippen molar-refractivity contribution in [2.24, 2.45) is 0 Å². The van der Waals surface area contributed by atoms with Gasteiger partial charge in [-0.25, -0.2) is 4.79 Å². The topological polar surface area (TPSA) is 97.8 Å². The second-order valence-electron chi connectivity index (χ2n) is 11.8. The molecule has 0 unspecified atom stereocenters. The molecule has 46 heavy (non-hydrogen) atoms. The normalized spacial score (nSPS) is 12.4. The molecule has 0 aliphatic carbocycles. The van der Waals surface area contributed by atoms with E-state index < -0.39 is 24.3 Å². The predicted molar refractivity (Wildman–Crippen MR) is 168 cm³/mol. The number of ether oxygens (including phenoxy) is 2. The lowest BCUT2D eigenvalue weighted by molar-refractivity contribution is -0.274. The summed E-state index contributed by atoms with van der Waals surface area (Å²) in [6.07, 6.45) is -3.23. The smallest absolute Gasteiger partial charge is 0.480 e. The van der Waals surface area contributed by atoms with Crippen LogP contribution in [0, 0.1) is 0 Å². The molecule has 5 rings (SSSR count). The summed E-state index contributed by atoms with van der Waals surface area (Å²) in [5, 5.41) is 13.9. The van der Waals surface area contributed by atoms with E-state index in [1.807, 2.05) is 36.4 Å². The van der Waals surface area contributed by atoms with Gasteiger partial charge in [-0.15, -0.1) is 13.2 Å². The van der Waals surface area contributed by atoms with Gasteiger partial charge in [0.1, 0.15) is 29.0 Å². The van der Waals surface area contributed by atoms with Crippen molar-refractivity contribution < 1.29 is 37.3 Å². The first kappa shape index (κ1) is 32.0. The number of carbonyl (C=O) groups excluding carboxylic acids is 1. The molecular formula is C36H31F3N2O5. The maximum absolute atomic E-state index is 13.1. The van der Waals surface area contributed by atoms with E-state index in [0.29, 0.717) is 33.6 Å². The number of amides is 1. The lowest BCUT2D eigenvalue weighted by Crippen LogP contribution is -2.42. The van der Waals surface area contributed by atoms with E-state index in [1.165, 1.54) is 29.8 Å². The van der Waals surface area contributed by atoms with E-state index in [9.17, 15) is 27.9 Å².